The normalized spacial score (nSPS) is 25.7. The number of aromatic nitrogens is 2. The molecule has 5 rings (SSSR count). The van der Waals surface area contributed by atoms with Crippen molar-refractivity contribution >= 4 is 27.5 Å². The number of amides is 1. The highest BCUT2D eigenvalue weighted by Crippen LogP contribution is 2.34. The second-order valence-electron chi connectivity index (χ2n) is 7.97. The smallest absolute Gasteiger partial charge is 0.259 e. The van der Waals surface area contributed by atoms with Gasteiger partial charge in [-0.15, -0.1) is 11.3 Å². The van der Waals surface area contributed by atoms with Crippen molar-refractivity contribution in [3.8, 4) is 0 Å². The van der Waals surface area contributed by atoms with Gasteiger partial charge in [-0.2, -0.15) is 0 Å². The van der Waals surface area contributed by atoms with Crippen LogP contribution in [0, 0.1) is 0 Å². The van der Waals surface area contributed by atoms with E-state index in [4.69, 9.17) is 9.72 Å². The van der Waals surface area contributed by atoms with Crippen LogP contribution in [0.5, 0.6) is 0 Å². The summed E-state index contributed by atoms with van der Waals surface area (Å²) in [5.74, 6) is 0.948. The van der Waals surface area contributed by atoms with Gasteiger partial charge in [0.05, 0.1) is 5.39 Å². The van der Waals surface area contributed by atoms with Crippen LogP contribution in [0.15, 0.2) is 4.79 Å². The van der Waals surface area contributed by atoms with E-state index < -0.39 is 0 Å². The van der Waals surface area contributed by atoms with E-state index in [0.717, 1.165) is 67.5 Å². The molecule has 1 amide bonds. The molecule has 4 heterocycles. The second-order valence-corrected chi connectivity index (χ2v) is 9.05. The summed E-state index contributed by atoms with van der Waals surface area (Å²) in [5, 5.41) is 0.807. The molecule has 1 N–H and O–H groups in total. The number of ether oxygens (including phenoxy) is 1. The number of hydrogen-bond acceptors (Lipinski definition) is 5. The van der Waals surface area contributed by atoms with E-state index in [1.54, 1.807) is 11.3 Å². The predicted octanol–water partition coefficient (Wildman–Crippen LogP) is 2.75. The largest absolute Gasteiger partial charge is 0.368 e. The third kappa shape index (κ3) is 3.10. The van der Waals surface area contributed by atoms with Crippen LogP contribution >= 0.6 is 11.3 Å². The monoisotopic (exact) mass is 387 g/mol. The van der Waals surface area contributed by atoms with Crippen molar-refractivity contribution in [2.45, 2.75) is 63.4 Å². The maximum Gasteiger partial charge on any atom is 0.259 e. The van der Waals surface area contributed by atoms with Crippen LogP contribution in [0.3, 0.4) is 0 Å². The minimum atomic E-state index is -0.276. The van der Waals surface area contributed by atoms with E-state index in [1.165, 1.54) is 16.9 Å². The lowest BCUT2D eigenvalue weighted by molar-refractivity contribution is -0.142. The van der Waals surface area contributed by atoms with E-state index in [2.05, 4.69) is 4.98 Å². The minimum Gasteiger partial charge on any atom is -0.368 e. The van der Waals surface area contributed by atoms with Gasteiger partial charge >= 0.3 is 0 Å². The molecule has 2 aliphatic heterocycles. The number of rotatable bonds is 2. The van der Waals surface area contributed by atoms with E-state index in [0.29, 0.717) is 13.2 Å². The Bertz CT molecular complexity index is 928. The van der Waals surface area contributed by atoms with Crippen molar-refractivity contribution in [2.24, 2.45) is 0 Å². The number of aromatic amines is 1. The number of thiophene rings is 1. The van der Waals surface area contributed by atoms with Gasteiger partial charge in [-0.05, 0) is 56.9 Å². The third-order valence-electron chi connectivity index (χ3n) is 6.17. The summed E-state index contributed by atoms with van der Waals surface area (Å²) in [6.45, 7) is 2.08. The van der Waals surface area contributed by atoms with Crippen LogP contribution in [0.4, 0.5) is 0 Å². The number of H-pyrrole nitrogens is 1. The first kappa shape index (κ1) is 17.4. The van der Waals surface area contributed by atoms with Gasteiger partial charge in [0.15, 0.2) is 0 Å². The van der Waals surface area contributed by atoms with Crippen molar-refractivity contribution in [2.75, 3.05) is 19.7 Å². The van der Waals surface area contributed by atoms with E-state index in [-0.39, 0.29) is 23.5 Å². The molecule has 1 aliphatic carbocycles. The first-order valence-corrected chi connectivity index (χ1v) is 11.0. The Kier molecular flexibility index (Phi) is 4.52. The summed E-state index contributed by atoms with van der Waals surface area (Å²) >= 11 is 1.69. The fourth-order valence-corrected chi connectivity index (χ4v) is 6.02. The molecule has 0 unspecified atom stereocenters. The van der Waals surface area contributed by atoms with Gasteiger partial charge in [0.2, 0.25) is 0 Å². The molecule has 0 aromatic carbocycles. The Hall–Kier alpha value is -1.73. The Morgan fingerprint density at radius 2 is 2.07 bits per heavy atom. The summed E-state index contributed by atoms with van der Waals surface area (Å²) in [5.41, 5.74) is 1.22. The zero-order valence-electron chi connectivity index (χ0n) is 15.5. The first-order valence-electron chi connectivity index (χ1n) is 10.2. The Morgan fingerprint density at radius 3 is 2.93 bits per heavy atom. The second kappa shape index (κ2) is 7.02. The molecule has 0 radical (unpaired) electrons. The van der Waals surface area contributed by atoms with Crippen LogP contribution < -0.4 is 5.56 Å². The Balaban J connectivity index is 1.42. The van der Waals surface area contributed by atoms with Crippen LogP contribution in [0.25, 0.3) is 10.2 Å². The molecular weight excluding hydrogens is 362 g/mol. The minimum absolute atomic E-state index is 0.00280. The van der Waals surface area contributed by atoms with Gasteiger partial charge in [0.25, 0.3) is 11.5 Å². The van der Waals surface area contributed by atoms with Crippen molar-refractivity contribution in [3.05, 3.63) is 26.6 Å². The number of likely N-dealkylation sites (tertiary alicyclic amines) is 1. The zero-order chi connectivity index (χ0) is 18.4. The summed E-state index contributed by atoms with van der Waals surface area (Å²) in [6.07, 6.45) is 7.81. The standard InChI is InChI=1S/C20H25N3O3S/c24-18-16-13-6-1-2-8-15(13)27-19(16)22-17(21-18)12-5-3-9-23(11-12)20(25)14-7-4-10-26-14/h12,14H,1-11H2,(H,21,22,24)/t12-,14-/m0/s1. The average Bonchev–Trinajstić information content (AvgIpc) is 3.35. The van der Waals surface area contributed by atoms with Crippen LogP contribution in [-0.4, -0.2) is 46.6 Å². The van der Waals surface area contributed by atoms with E-state index >= 15 is 0 Å². The van der Waals surface area contributed by atoms with Gasteiger partial charge in [-0.3, -0.25) is 9.59 Å². The summed E-state index contributed by atoms with van der Waals surface area (Å²) in [6, 6.07) is 0. The lowest BCUT2D eigenvalue weighted by Crippen LogP contribution is -2.44. The van der Waals surface area contributed by atoms with Crippen molar-refractivity contribution < 1.29 is 9.53 Å². The molecule has 2 fully saturated rings. The highest BCUT2D eigenvalue weighted by molar-refractivity contribution is 7.18. The molecule has 2 aromatic heterocycles. The molecule has 144 valence electrons. The van der Waals surface area contributed by atoms with Gasteiger partial charge in [0.1, 0.15) is 16.8 Å². The molecule has 3 aliphatic rings. The predicted molar refractivity (Wildman–Crippen MR) is 104 cm³/mol. The number of carbonyl (C=O) groups excluding carboxylic acids is 1. The fourth-order valence-electron chi connectivity index (χ4n) is 4.75. The van der Waals surface area contributed by atoms with Crippen LogP contribution in [0.2, 0.25) is 0 Å². The molecule has 0 bridgehead atoms. The summed E-state index contributed by atoms with van der Waals surface area (Å²) in [4.78, 5) is 37.5. The summed E-state index contributed by atoms with van der Waals surface area (Å²) in [7, 11) is 0. The molecule has 2 atom stereocenters. The van der Waals surface area contributed by atoms with E-state index in [1.807, 2.05) is 4.90 Å². The van der Waals surface area contributed by atoms with Gasteiger partial charge in [-0.1, -0.05) is 0 Å². The van der Waals surface area contributed by atoms with Gasteiger partial charge < -0.3 is 14.6 Å². The molecule has 6 nitrogen and oxygen atoms in total. The Morgan fingerprint density at radius 1 is 1.19 bits per heavy atom. The van der Waals surface area contributed by atoms with Crippen molar-refractivity contribution in [1.29, 1.82) is 0 Å². The SMILES string of the molecule is O=C([C@@H]1CCCO1)N1CCC[C@H](c2nc3sc4c(c3c(=O)[nH]2)CCCC4)C1. The highest BCUT2D eigenvalue weighted by atomic mass is 32.1. The van der Waals surface area contributed by atoms with Crippen molar-refractivity contribution in [3.63, 3.8) is 0 Å². The quantitative estimate of drug-likeness (QED) is 0.860. The molecule has 7 heteroatoms. The lowest BCUT2D eigenvalue weighted by Gasteiger charge is -2.33. The molecule has 0 spiro atoms. The average molecular weight is 388 g/mol. The maximum atomic E-state index is 12.8. The molecule has 27 heavy (non-hydrogen) atoms. The van der Waals surface area contributed by atoms with Crippen LogP contribution in [0.1, 0.15) is 60.7 Å². The van der Waals surface area contributed by atoms with Gasteiger partial charge in [0, 0.05) is 30.5 Å². The first-order chi connectivity index (χ1) is 13.2. The number of carbonyl (C=O) groups is 1. The highest BCUT2D eigenvalue weighted by Gasteiger charge is 2.33. The Labute approximate surface area is 161 Å². The van der Waals surface area contributed by atoms with Crippen molar-refractivity contribution in [1.82, 2.24) is 14.9 Å². The molecular formula is C20H25N3O3S. The number of nitrogens with one attached hydrogen (secondary N) is 1. The third-order valence-corrected chi connectivity index (χ3v) is 7.35. The lowest BCUT2D eigenvalue weighted by atomic mass is 9.95. The molecule has 2 aromatic rings. The maximum absolute atomic E-state index is 12.8. The number of piperidine rings is 1. The zero-order valence-corrected chi connectivity index (χ0v) is 16.3. The molecule has 0 saturated carbocycles. The topological polar surface area (TPSA) is 75.3 Å². The number of fused-ring (bicyclic) bond motifs is 3. The van der Waals surface area contributed by atoms with Gasteiger partial charge in [-0.25, -0.2) is 4.98 Å². The van der Waals surface area contributed by atoms with E-state index in [9.17, 15) is 9.59 Å². The number of hydrogen-bond donors (Lipinski definition) is 1. The summed E-state index contributed by atoms with van der Waals surface area (Å²) < 4.78 is 5.57. The number of aryl methyl sites for hydroxylation is 2. The fraction of sp³-hybridized carbons (Fsp3) is 0.650. The van der Waals surface area contributed by atoms with Crippen LogP contribution in [-0.2, 0) is 22.4 Å². The number of nitrogens with zero attached hydrogens (tertiary/aromatic N) is 2. The molecule has 2 saturated heterocycles.